The maximum atomic E-state index is 9.81. The number of rotatable bonds is 1. The second-order valence-electron chi connectivity index (χ2n) is 8.54. The first-order valence-corrected chi connectivity index (χ1v) is 10.1. The molecule has 2 aliphatic heterocycles. The number of nitrogens with zero attached hydrogens (tertiary/aromatic N) is 1. The van der Waals surface area contributed by atoms with E-state index in [1.165, 1.54) is 44.3 Å². The normalized spacial score (nSPS) is 17.8. The van der Waals surface area contributed by atoms with Crippen molar-refractivity contribution in [3.05, 3.63) is 70.1 Å². The highest BCUT2D eigenvalue weighted by atomic mass is 32.1. The number of benzene rings is 2. The van der Waals surface area contributed by atoms with Gasteiger partial charge in [0.05, 0.1) is 17.1 Å². The topological polar surface area (TPSA) is 43.7 Å². The smallest absolute Gasteiger partial charge is 0.423 e. The Morgan fingerprint density at radius 1 is 0.815 bits per heavy atom. The Labute approximate surface area is 164 Å². The van der Waals surface area contributed by atoms with E-state index >= 15 is 0 Å². The Morgan fingerprint density at radius 3 is 2.15 bits per heavy atom. The zero-order chi connectivity index (χ0) is 19.1. The minimum Gasteiger partial charge on any atom is -0.423 e. The molecule has 5 heteroatoms. The number of para-hydroxylation sites is 2. The van der Waals surface area contributed by atoms with E-state index in [0.29, 0.717) is 4.78 Å². The first-order chi connectivity index (χ1) is 12.7. The fourth-order valence-electron chi connectivity index (χ4n) is 4.77. The van der Waals surface area contributed by atoms with Crippen molar-refractivity contribution in [1.82, 2.24) is 0 Å². The highest BCUT2D eigenvalue weighted by molar-refractivity contribution is 7.22. The van der Waals surface area contributed by atoms with Crippen LogP contribution in [0.4, 0.5) is 17.1 Å². The van der Waals surface area contributed by atoms with Crippen molar-refractivity contribution < 1.29 is 10.0 Å². The highest BCUT2D eigenvalue weighted by Gasteiger charge is 2.46. The fourth-order valence-corrected chi connectivity index (χ4v) is 5.90. The summed E-state index contributed by atoms with van der Waals surface area (Å²) in [5, 5.41) is 19.6. The van der Waals surface area contributed by atoms with E-state index in [1.54, 1.807) is 0 Å². The molecule has 2 N–H and O–H groups in total. The first kappa shape index (κ1) is 17.1. The van der Waals surface area contributed by atoms with Gasteiger partial charge in [0.2, 0.25) is 0 Å². The molecule has 0 saturated carbocycles. The summed E-state index contributed by atoms with van der Waals surface area (Å²) in [6.07, 6.45) is 0. The van der Waals surface area contributed by atoms with Gasteiger partial charge in [0.1, 0.15) is 0 Å². The van der Waals surface area contributed by atoms with Gasteiger partial charge in [-0.15, -0.1) is 11.3 Å². The van der Waals surface area contributed by atoms with Crippen LogP contribution in [0.1, 0.15) is 49.3 Å². The summed E-state index contributed by atoms with van der Waals surface area (Å²) in [5.74, 6) is 0. The monoisotopic (exact) mass is 375 g/mol. The number of thiophene rings is 1. The van der Waals surface area contributed by atoms with Crippen molar-refractivity contribution in [2.45, 2.75) is 38.5 Å². The molecule has 0 spiro atoms. The lowest BCUT2D eigenvalue weighted by atomic mass is 9.68. The van der Waals surface area contributed by atoms with E-state index in [9.17, 15) is 10.0 Å². The van der Waals surface area contributed by atoms with E-state index in [4.69, 9.17) is 0 Å². The molecule has 5 rings (SSSR count). The van der Waals surface area contributed by atoms with Gasteiger partial charge in [-0.2, -0.15) is 0 Å². The quantitative estimate of drug-likeness (QED) is 0.628. The minimum absolute atomic E-state index is 0.0959. The Balaban J connectivity index is 1.92. The van der Waals surface area contributed by atoms with Crippen LogP contribution in [-0.4, -0.2) is 17.2 Å². The van der Waals surface area contributed by atoms with Crippen LogP contribution in [0.15, 0.2) is 48.5 Å². The lowest BCUT2D eigenvalue weighted by Crippen LogP contribution is -2.37. The van der Waals surface area contributed by atoms with Gasteiger partial charge in [-0.25, -0.2) is 0 Å². The highest BCUT2D eigenvalue weighted by Crippen LogP contribution is 2.60. The SMILES string of the molecule is CC1(C)c2ccccc2N2c3cc(B(O)O)sc3C(C)(C)c3cccc1c32. The third-order valence-electron chi connectivity index (χ3n) is 6.22. The molecular formula is C22H22BNO2S. The zero-order valence-corrected chi connectivity index (χ0v) is 16.8. The summed E-state index contributed by atoms with van der Waals surface area (Å²) in [7, 11) is -1.45. The largest absolute Gasteiger partial charge is 0.499 e. The maximum Gasteiger partial charge on any atom is 0.499 e. The van der Waals surface area contributed by atoms with Crippen LogP contribution in [0, 0.1) is 0 Å². The van der Waals surface area contributed by atoms with Crippen molar-refractivity contribution in [3.63, 3.8) is 0 Å². The number of hydrogen-bond acceptors (Lipinski definition) is 4. The van der Waals surface area contributed by atoms with Crippen LogP contribution >= 0.6 is 11.3 Å². The molecule has 1 aromatic heterocycles. The van der Waals surface area contributed by atoms with Gasteiger partial charge in [-0.05, 0) is 28.8 Å². The molecule has 3 nitrogen and oxygen atoms in total. The molecule has 3 heterocycles. The number of hydrogen-bond donors (Lipinski definition) is 2. The molecule has 2 aromatic carbocycles. The van der Waals surface area contributed by atoms with E-state index < -0.39 is 7.12 Å². The third-order valence-corrected chi connectivity index (χ3v) is 7.71. The molecule has 2 aliphatic rings. The molecule has 0 saturated heterocycles. The predicted octanol–water partition coefficient (Wildman–Crippen LogP) is 4.18. The molecule has 0 fully saturated rings. The predicted molar refractivity (Wildman–Crippen MR) is 113 cm³/mol. The molecule has 0 unspecified atom stereocenters. The van der Waals surface area contributed by atoms with Crippen LogP contribution in [0.3, 0.4) is 0 Å². The van der Waals surface area contributed by atoms with Crippen molar-refractivity contribution in [2.75, 3.05) is 4.90 Å². The van der Waals surface area contributed by atoms with Gasteiger partial charge in [0.15, 0.2) is 0 Å². The second kappa shape index (κ2) is 5.25. The molecule has 3 aromatic rings. The van der Waals surface area contributed by atoms with Crippen LogP contribution < -0.4 is 9.68 Å². The molecule has 0 aliphatic carbocycles. The van der Waals surface area contributed by atoms with Gasteiger partial charge in [-0.1, -0.05) is 64.1 Å². The molecule has 0 amide bonds. The van der Waals surface area contributed by atoms with Crippen LogP contribution in [0.25, 0.3) is 0 Å². The minimum atomic E-state index is -1.45. The summed E-state index contributed by atoms with van der Waals surface area (Å²) < 4.78 is 0.588. The van der Waals surface area contributed by atoms with E-state index in [0.717, 1.165) is 5.69 Å². The van der Waals surface area contributed by atoms with Crippen LogP contribution in [-0.2, 0) is 10.8 Å². The van der Waals surface area contributed by atoms with Crippen molar-refractivity contribution in [3.8, 4) is 0 Å². The molecule has 0 atom stereocenters. The van der Waals surface area contributed by atoms with Crippen molar-refractivity contribution >= 4 is 40.3 Å². The van der Waals surface area contributed by atoms with Crippen LogP contribution in [0.2, 0.25) is 0 Å². The average Bonchev–Trinajstić information content (AvgIpc) is 3.08. The van der Waals surface area contributed by atoms with Gasteiger partial charge < -0.3 is 14.9 Å². The Hall–Kier alpha value is -2.08. The number of anilines is 3. The van der Waals surface area contributed by atoms with Gasteiger partial charge in [0, 0.05) is 20.5 Å². The molecular weight excluding hydrogens is 353 g/mol. The van der Waals surface area contributed by atoms with Crippen LogP contribution in [0.5, 0.6) is 0 Å². The second-order valence-corrected chi connectivity index (χ2v) is 9.62. The standard InChI is InChI=1S/C22H22BNO2S/c1-21(2)13-8-5-6-11-16(13)24-17-12-18(23(25)26)27-20(17)22(3,4)15-10-7-9-14(21)19(15)24/h5-12,25-26H,1-4H3. The van der Waals surface area contributed by atoms with E-state index in [-0.39, 0.29) is 10.8 Å². The van der Waals surface area contributed by atoms with Gasteiger partial charge in [-0.3, -0.25) is 0 Å². The summed E-state index contributed by atoms with van der Waals surface area (Å²) in [4.78, 5) is 3.50. The lowest BCUT2D eigenvalue weighted by Gasteiger charge is -2.48. The van der Waals surface area contributed by atoms with E-state index in [2.05, 4.69) is 75.1 Å². The third kappa shape index (κ3) is 2.05. The van der Waals surface area contributed by atoms with Crippen molar-refractivity contribution in [2.24, 2.45) is 0 Å². The molecule has 0 radical (unpaired) electrons. The van der Waals surface area contributed by atoms with Gasteiger partial charge >= 0.3 is 7.12 Å². The van der Waals surface area contributed by atoms with Gasteiger partial charge in [0.25, 0.3) is 0 Å². The van der Waals surface area contributed by atoms with Crippen molar-refractivity contribution in [1.29, 1.82) is 0 Å². The summed E-state index contributed by atoms with van der Waals surface area (Å²) in [5.41, 5.74) is 7.09. The summed E-state index contributed by atoms with van der Waals surface area (Å²) in [6.45, 7) is 9.04. The first-order valence-electron chi connectivity index (χ1n) is 9.28. The average molecular weight is 375 g/mol. The lowest BCUT2D eigenvalue weighted by molar-refractivity contribution is 0.427. The molecule has 136 valence electrons. The Morgan fingerprint density at radius 2 is 1.44 bits per heavy atom. The maximum absolute atomic E-state index is 9.81. The zero-order valence-electron chi connectivity index (χ0n) is 15.9. The Bertz CT molecular complexity index is 1080. The summed E-state index contributed by atoms with van der Waals surface area (Å²) >= 11 is 1.50. The fraction of sp³-hybridized carbons (Fsp3) is 0.273. The van der Waals surface area contributed by atoms with E-state index in [1.807, 2.05) is 6.07 Å². The molecule has 0 bridgehead atoms. The molecule has 27 heavy (non-hydrogen) atoms. The Kier molecular flexibility index (Phi) is 3.32. The summed E-state index contributed by atoms with van der Waals surface area (Å²) in [6, 6.07) is 17.1. The number of fused-ring (bicyclic) bond motifs is 4.